The molecule has 2 aromatic carbocycles. The Kier molecular flexibility index (Phi) is 6.76. The minimum Gasteiger partial charge on any atom is -0.497 e. The van der Waals surface area contributed by atoms with Crippen molar-refractivity contribution in [3.63, 3.8) is 0 Å². The van der Waals surface area contributed by atoms with E-state index in [0.717, 1.165) is 61.1 Å². The summed E-state index contributed by atoms with van der Waals surface area (Å²) in [5.41, 5.74) is 1.03. The SMILES string of the molecule is COc1ccc2cc(C(C)C(=O)N3CCN(CC(=O)N4CCCCC4)CC3)ccc2c1. The summed E-state index contributed by atoms with van der Waals surface area (Å²) >= 11 is 0. The number of hydrogen-bond donors (Lipinski definition) is 0. The predicted octanol–water partition coefficient (Wildman–Crippen LogP) is 3.11. The van der Waals surface area contributed by atoms with Crippen molar-refractivity contribution in [2.24, 2.45) is 0 Å². The van der Waals surface area contributed by atoms with Gasteiger partial charge in [0.15, 0.2) is 0 Å². The lowest BCUT2D eigenvalue weighted by atomic mass is 9.96. The fourth-order valence-electron chi connectivity index (χ4n) is 4.62. The van der Waals surface area contributed by atoms with Gasteiger partial charge in [0.25, 0.3) is 0 Å². The van der Waals surface area contributed by atoms with Gasteiger partial charge in [0, 0.05) is 39.3 Å². The summed E-state index contributed by atoms with van der Waals surface area (Å²) in [5, 5.41) is 2.22. The van der Waals surface area contributed by atoms with Crippen LogP contribution in [0.3, 0.4) is 0 Å². The second-order valence-corrected chi connectivity index (χ2v) is 8.74. The normalized spacial score (nSPS) is 18.8. The van der Waals surface area contributed by atoms with E-state index in [1.54, 1.807) is 7.11 Å². The summed E-state index contributed by atoms with van der Waals surface area (Å²) in [6.07, 6.45) is 3.47. The van der Waals surface area contributed by atoms with Gasteiger partial charge in [-0.1, -0.05) is 24.3 Å². The van der Waals surface area contributed by atoms with E-state index in [0.29, 0.717) is 19.6 Å². The number of fused-ring (bicyclic) bond motifs is 1. The highest BCUT2D eigenvalue weighted by Gasteiger charge is 2.27. The molecular formula is C25H33N3O3. The second-order valence-electron chi connectivity index (χ2n) is 8.74. The zero-order chi connectivity index (χ0) is 21.8. The molecule has 4 rings (SSSR count). The van der Waals surface area contributed by atoms with Gasteiger partial charge < -0.3 is 14.5 Å². The lowest BCUT2D eigenvalue weighted by molar-refractivity contribution is -0.136. The van der Waals surface area contributed by atoms with E-state index in [1.165, 1.54) is 6.42 Å². The summed E-state index contributed by atoms with van der Waals surface area (Å²) in [5.74, 6) is 1.05. The lowest BCUT2D eigenvalue weighted by Crippen LogP contribution is -2.52. The van der Waals surface area contributed by atoms with Crippen molar-refractivity contribution in [2.45, 2.75) is 32.1 Å². The van der Waals surface area contributed by atoms with Crippen molar-refractivity contribution in [3.8, 4) is 5.75 Å². The molecule has 0 saturated carbocycles. The van der Waals surface area contributed by atoms with E-state index < -0.39 is 0 Å². The molecule has 0 aromatic heterocycles. The van der Waals surface area contributed by atoms with Crippen molar-refractivity contribution in [2.75, 3.05) is 52.9 Å². The number of piperidine rings is 1. The Morgan fingerprint density at radius 2 is 1.55 bits per heavy atom. The summed E-state index contributed by atoms with van der Waals surface area (Å²) < 4.78 is 5.30. The Bertz CT molecular complexity index is 931. The highest BCUT2D eigenvalue weighted by atomic mass is 16.5. The van der Waals surface area contributed by atoms with Gasteiger partial charge in [-0.25, -0.2) is 0 Å². The van der Waals surface area contributed by atoms with Crippen molar-refractivity contribution in [1.29, 1.82) is 0 Å². The van der Waals surface area contributed by atoms with Gasteiger partial charge >= 0.3 is 0 Å². The standard InChI is InChI=1S/C25H33N3O3/c1-19(20-6-7-22-17-23(31-2)9-8-21(22)16-20)25(30)28-14-12-26(13-15-28)18-24(29)27-10-4-3-5-11-27/h6-9,16-17,19H,3-5,10-15,18H2,1-2H3. The molecule has 0 radical (unpaired) electrons. The van der Waals surface area contributed by atoms with Crippen LogP contribution in [0.25, 0.3) is 10.8 Å². The first-order valence-electron chi connectivity index (χ1n) is 11.4. The summed E-state index contributed by atoms with van der Waals surface area (Å²) in [7, 11) is 1.67. The second kappa shape index (κ2) is 9.69. The molecule has 6 nitrogen and oxygen atoms in total. The maximum atomic E-state index is 13.1. The van der Waals surface area contributed by atoms with Crippen LogP contribution in [0.5, 0.6) is 5.75 Å². The molecule has 0 N–H and O–H groups in total. The number of ether oxygens (including phenoxy) is 1. The minimum atomic E-state index is -0.187. The number of carbonyl (C=O) groups excluding carboxylic acids is 2. The van der Waals surface area contributed by atoms with E-state index in [1.807, 2.05) is 41.0 Å². The maximum Gasteiger partial charge on any atom is 0.236 e. The van der Waals surface area contributed by atoms with Crippen molar-refractivity contribution >= 4 is 22.6 Å². The van der Waals surface area contributed by atoms with Crippen LogP contribution in [0.2, 0.25) is 0 Å². The molecule has 2 fully saturated rings. The number of likely N-dealkylation sites (tertiary alicyclic amines) is 1. The van der Waals surface area contributed by atoms with Gasteiger partial charge in [0.2, 0.25) is 11.8 Å². The van der Waals surface area contributed by atoms with Crippen molar-refractivity contribution in [3.05, 3.63) is 42.0 Å². The first-order valence-corrected chi connectivity index (χ1v) is 11.4. The number of amides is 2. The van der Waals surface area contributed by atoms with E-state index >= 15 is 0 Å². The zero-order valence-electron chi connectivity index (χ0n) is 18.7. The van der Waals surface area contributed by atoms with Crippen molar-refractivity contribution < 1.29 is 14.3 Å². The Morgan fingerprint density at radius 3 is 2.26 bits per heavy atom. The van der Waals surface area contributed by atoms with Gasteiger partial charge in [-0.05, 0) is 54.7 Å². The van der Waals surface area contributed by atoms with Crippen molar-refractivity contribution in [1.82, 2.24) is 14.7 Å². The molecule has 0 aliphatic carbocycles. The van der Waals surface area contributed by atoms with Crippen LogP contribution in [0, 0.1) is 0 Å². The van der Waals surface area contributed by atoms with Crippen LogP contribution in [0.15, 0.2) is 36.4 Å². The maximum absolute atomic E-state index is 13.1. The molecule has 2 aliphatic heterocycles. The molecule has 166 valence electrons. The molecule has 2 amide bonds. The first kappa shape index (κ1) is 21.6. The summed E-state index contributed by atoms with van der Waals surface area (Å²) in [4.78, 5) is 31.8. The molecule has 31 heavy (non-hydrogen) atoms. The topological polar surface area (TPSA) is 53.1 Å². The third-order valence-electron chi connectivity index (χ3n) is 6.69. The average molecular weight is 424 g/mol. The van der Waals surface area contributed by atoms with Crippen LogP contribution < -0.4 is 4.74 Å². The van der Waals surface area contributed by atoms with E-state index in [9.17, 15) is 9.59 Å². The van der Waals surface area contributed by atoms with Gasteiger partial charge in [-0.15, -0.1) is 0 Å². The summed E-state index contributed by atoms with van der Waals surface area (Å²) in [6, 6.07) is 12.2. The van der Waals surface area contributed by atoms with Crippen LogP contribution in [0.4, 0.5) is 0 Å². The highest BCUT2D eigenvalue weighted by Crippen LogP contribution is 2.26. The van der Waals surface area contributed by atoms with Crippen LogP contribution >= 0.6 is 0 Å². The molecule has 6 heteroatoms. The highest BCUT2D eigenvalue weighted by molar-refractivity contribution is 5.88. The first-order chi connectivity index (χ1) is 15.0. The van der Waals surface area contributed by atoms with Gasteiger partial charge in [0.05, 0.1) is 19.6 Å². The molecule has 2 saturated heterocycles. The number of benzene rings is 2. The Hall–Kier alpha value is -2.60. The Morgan fingerprint density at radius 1 is 0.871 bits per heavy atom. The fourth-order valence-corrected chi connectivity index (χ4v) is 4.62. The number of rotatable bonds is 5. The third kappa shape index (κ3) is 5.01. The molecule has 0 spiro atoms. The lowest BCUT2D eigenvalue weighted by Gasteiger charge is -2.37. The zero-order valence-corrected chi connectivity index (χ0v) is 18.7. The Labute approximate surface area is 184 Å². The molecule has 0 bridgehead atoms. The molecule has 2 heterocycles. The third-order valence-corrected chi connectivity index (χ3v) is 6.69. The monoisotopic (exact) mass is 423 g/mol. The van der Waals surface area contributed by atoms with E-state index in [-0.39, 0.29) is 17.7 Å². The number of piperazine rings is 1. The molecule has 2 aromatic rings. The number of methoxy groups -OCH3 is 1. The summed E-state index contributed by atoms with van der Waals surface area (Å²) in [6.45, 7) is 7.14. The molecule has 1 atom stereocenters. The number of carbonyl (C=O) groups is 2. The smallest absolute Gasteiger partial charge is 0.236 e. The predicted molar refractivity (Wildman–Crippen MR) is 122 cm³/mol. The number of hydrogen-bond acceptors (Lipinski definition) is 4. The number of nitrogens with zero attached hydrogens (tertiary/aromatic N) is 3. The van der Waals surface area contributed by atoms with Crippen LogP contribution in [-0.2, 0) is 9.59 Å². The van der Waals surface area contributed by atoms with E-state index in [2.05, 4.69) is 17.0 Å². The van der Waals surface area contributed by atoms with Crippen LogP contribution in [-0.4, -0.2) is 79.4 Å². The Balaban J connectivity index is 1.32. The quantitative estimate of drug-likeness (QED) is 0.742. The van der Waals surface area contributed by atoms with Crippen LogP contribution in [0.1, 0.15) is 37.7 Å². The van der Waals surface area contributed by atoms with Gasteiger partial charge in [-0.2, -0.15) is 0 Å². The van der Waals surface area contributed by atoms with Gasteiger partial charge in [-0.3, -0.25) is 14.5 Å². The molecule has 1 unspecified atom stereocenters. The fraction of sp³-hybridized carbons (Fsp3) is 0.520. The molecular weight excluding hydrogens is 390 g/mol. The van der Waals surface area contributed by atoms with Gasteiger partial charge in [0.1, 0.15) is 5.75 Å². The average Bonchev–Trinajstić information content (AvgIpc) is 2.83. The minimum absolute atomic E-state index is 0.162. The largest absolute Gasteiger partial charge is 0.497 e. The van der Waals surface area contributed by atoms with E-state index in [4.69, 9.17) is 4.74 Å². The molecule has 2 aliphatic rings.